The third-order valence-corrected chi connectivity index (χ3v) is 9.22. The number of fused-ring (bicyclic) bond motifs is 1. The minimum atomic E-state index is -0.106. The predicted octanol–water partition coefficient (Wildman–Crippen LogP) is 7.93. The van der Waals surface area contributed by atoms with Gasteiger partial charge in [0, 0.05) is 23.6 Å². The first kappa shape index (κ1) is 21.8. The number of pyridine rings is 1. The molecule has 0 radical (unpaired) electrons. The average Bonchev–Trinajstić information content (AvgIpc) is 2.88. The molecule has 180 valence electrons. The van der Waals surface area contributed by atoms with Gasteiger partial charge in [0.15, 0.2) is 0 Å². The normalized spacial score (nSPS) is 26.3. The Morgan fingerprint density at radius 1 is 0.778 bits per heavy atom. The lowest BCUT2D eigenvalue weighted by molar-refractivity contribution is -0.00544. The number of benzene rings is 3. The summed E-state index contributed by atoms with van der Waals surface area (Å²) < 4.78 is 0. The Bertz CT molecular complexity index is 1440. The smallest absolute Gasteiger partial charge is 0.255 e. The van der Waals surface area contributed by atoms with Gasteiger partial charge in [-0.05, 0) is 132 Å². The van der Waals surface area contributed by atoms with E-state index in [1.54, 1.807) is 30.1 Å². The van der Waals surface area contributed by atoms with Gasteiger partial charge in [-0.15, -0.1) is 0 Å². The highest BCUT2D eigenvalue weighted by molar-refractivity contribution is 6.06. The Labute approximate surface area is 213 Å². The number of carbonyl (C=O) groups excluding carboxylic acids is 1. The van der Waals surface area contributed by atoms with E-state index in [0.717, 1.165) is 34.2 Å². The number of nitrogens with zero attached hydrogens (tertiary/aromatic N) is 1. The topological polar surface area (TPSA) is 42.0 Å². The van der Waals surface area contributed by atoms with Crippen molar-refractivity contribution >= 4 is 22.4 Å². The molecule has 1 N–H and O–H groups in total. The maximum absolute atomic E-state index is 12.7. The number of aryl methyl sites for hydroxylation is 1. The molecule has 0 unspecified atom stereocenters. The van der Waals surface area contributed by atoms with Crippen LogP contribution in [-0.4, -0.2) is 10.9 Å². The fraction of sp³-hybridized carbons (Fsp3) is 0.333. The molecule has 1 heterocycles. The zero-order valence-electron chi connectivity index (χ0n) is 20.8. The Balaban J connectivity index is 1.19. The first-order valence-electron chi connectivity index (χ1n) is 13.4. The molecule has 4 aliphatic rings. The fourth-order valence-electron chi connectivity index (χ4n) is 8.02. The second kappa shape index (κ2) is 8.30. The van der Waals surface area contributed by atoms with Crippen molar-refractivity contribution in [3.63, 3.8) is 0 Å². The van der Waals surface area contributed by atoms with Crippen LogP contribution < -0.4 is 5.32 Å². The number of rotatable bonds is 4. The number of carbonyl (C=O) groups is 1. The second-order valence-corrected chi connectivity index (χ2v) is 11.7. The van der Waals surface area contributed by atoms with Crippen molar-refractivity contribution in [2.45, 2.75) is 50.9 Å². The van der Waals surface area contributed by atoms with Crippen molar-refractivity contribution in [3.05, 3.63) is 95.8 Å². The molecule has 3 nitrogen and oxygen atoms in total. The summed E-state index contributed by atoms with van der Waals surface area (Å²) >= 11 is 0. The lowest BCUT2D eigenvalue weighted by Gasteiger charge is -2.57. The monoisotopic (exact) mass is 472 g/mol. The largest absolute Gasteiger partial charge is 0.322 e. The van der Waals surface area contributed by atoms with Gasteiger partial charge in [-0.2, -0.15) is 0 Å². The van der Waals surface area contributed by atoms with Gasteiger partial charge in [0.25, 0.3) is 5.91 Å². The summed E-state index contributed by atoms with van der Waals surface area (Å²) in [6.45, 7) is 2.32. The van der Waals surface area contributed by atoms with E-state index in [0.29, 0.717) is 11.0 Å². The highest BCUT2D eigenvalue weighted by Crippen LogP contribution is 2.61. The van der Waals surface area contributed by atoms with E-state index in [4.69, 9.17) is 0 Å². The second-order valence-electron chi connectivity index (χ2n) is 11.7. The van der Waals surface area contributed by atoms with E-state index >= 15 is 0 Å². The molecule has 4 aliphatic carbocycles. The molecule has 1 aromatic heterocycles. The quantitative estimate of drug-likeness (QED) is 0.328. The number of anilines is 1. The molecule has 8 rings (SSSR count). The highest BCUT2D eigenvalue weighted by atomic mass is 16.1. The van der Waals surface area contributed by atoms with Crippen LogP contribution >= 0.6 is 0 Å². The molecule has 0 saturated heterocycles. The van der Waals surface area contributed by atoms with Crippen molar-refractivity contribution in [1.82, 2.24) is 4.98 Å². The third-order valence-electron chi connectivity index (χ3n) is 9.22. The lowest BCUT2D eigenvalue weighted by atomic mass is 9.47. The van der Waals surface area contributed by atoms with Gasteiger partial charge < -0.3 is 5.32 Å². The van der Waals surface area contributed by atoms with Crippen LogP contribution in [0.25, 0.3) is 21.9 Å². The van der Waals surface area contributed by atoms with Crippen molar-refractivity contribution in [1.29, 1.82) is 0 Å². The first-order chi connectivity index (χ1) is 17.5. The summed E-state index contributed by atoms with van der Waals surface area (Å²) in [6.07, 6.45) is 12.0. The van der Waals surface area contributed by atoms with E-state index in [1.165, 1.54) is 55.2 Å². The van der Waals surface area contributed by atoms with Gasteiger partial charge in [-0.1, -0.05) is 36.4 Å². The van der Waals surface area contributed by atoms with Gasteiger partial charge >= 0.3 is 0 Å². The maximum Gasteiger partial charge on any atom is 0.255 e. The van der Waals surface area contributed by atoms with E-state index in [9.17, 15) is 4.79 Å². The zero-order chi connectivity index (χ0) is 24.3. The maximum atomic E-state index is 12.7. The molecular weight excluding hydrogens is 440 g/mol. The van der Waals surface area contributed by atoms with Crippen molar-refractivity contribution in [2.24, 2.45) is 17.8 Å². The van der Waals surface area contributed by atoms with Crippen LogP contribution in [0.1, 0.15) is 60.0 Å². The molecule has 0 atom stereocenters. The first-order valence-corrected chi connectivity index (χ1v) is 13.4. The highest BCUT2D eigenvalue weighted by Gasteiger charge is 2.51. The molecule has 1 amide bonds. The van der Waals surface area contributed by atoms with E-state index in [2.05, 4.69) is 59.7 Å². The van der Waals surface area contributed by atoms with Crippen LogP contribution in [0.3, 0.4) is 0 Å². The average molecular weight is 473 g/mol. The molecule has 4 bridgehead atoms. The Kier molecular flexibility index (Phi) is 5.02. The standard InChI is InChI=1S/C33H32N2O/c1-21-2-3-28(17-31(21)33-18-22-12-23(19-33)14-24(13-22)20-33)26-4-5-27-16-29(7-6-25(27)15-26)32(36)35-30-8-10-34-11-9-30/h2-11,15-17,22-24H,12-14,18-20H2,1H3,(H,34,35,36). The molecule has 4 fully saturated rings. The van der Waals surface area contributed by atoms with E-state index in [1.807, 2.05) is 12.1 Å². The minimum absolute atomic E-state index is 0.106. The van der Waals surface area contributed by atoms with Crippen LogP contribution in [0.4, 0.5) is 5.69 Å². The lowest BCUT2D eigenvalue weighted by Crippen LogP contribution is -2.48. The predicted molar refractivity (Wildman–Crippen MR) is 146 cm³/mol. The van der Waals surface area contributed by atoms with Crippen molar-refractivity contribution in [2.75, 3.05) is 5.32 Å². The zero-order valence-corrected chi connectivity index (χ0v) is 20.8. The Morgan fingerprint density at radius 3 is 2.11 bits per heavy atom. The summed E-state index contributed by atoms with van der Waals surface area (Å²) in [4.78, 5) is 16.8. The fourth-order valence-corrected chi connectivity index (χ4v) is 8.02. The SMILES string of the molecule is Cc1ccc(-c2ccc3cc(C(=O)Nc4ccncc4)ccc3c2)cc1C12CC3CC(CC(C3)C1)C2. The third kappa shape index (κ3) is 3.73. The number of nitrogens with one attached hydrogen (secondary N) is 1. The van der Waals surface area contributed by atoms with Crippen LogP contribution in [0.15, 0.2) is 79.1 Å². The van der Waals surface area contributed by atoms with E-state index in [-0.39, 0.29) is 5.91 Å². The number of amides is 1. The molecule has 4 aromatic rings. The van der Waals surface area contributed by atoms with E-state index < -0.39 is 0 Å². The summed E-state index contributed by atoms with van der Waals surface area (Å²) in [7, 11) is 0. The van der Waals surface area contributed by atoms with Crippen molar-refractivity contribution in [3.8, 4) is 11.1 Å². The van der Waals surface area contributed by atoms with Gasteiger partial charge in [0.05, 0.1) is 0 Å². The number of hydrogen-bond donors (Lipinski definition) is 1. The van der Waals surface area contributed by atoms with Crippen LogP contribution in [-0.2, 0) is 5.41 Å². The summed E-state index contributed by atoms with van der Waals surface area (Å²) in [5, 5.41) is 5.18. The molecule has 4 saturated carbocycles. The van der Waals surface area contributed by atoms with Gasteiger partial charge in [0.2, 0.25) is 0 Å². The molecule has 0 aliphatic heterocycles. The molecule has 0 spiro atoms. The number of hydrogen-bond acceptors (Lipinski definition) is 2. The molecule has 36 heavy (non-hydrogen) atoms. The van der Waals surface area contributed by atoms with Crippen molar-refractivity contribution < 1.29 is 4.79 Å². The minimum Gasteiger partial charge on any atom is -0.322 e. The molecular formula is C33H32N2O. The molecule has 3 heteroatoms. The Hall–Kier alpha value is -3.46. The summed E-state index contributed by atoms with van der Waals surface area (Å²) in [6, 6.07) is 23.3. The Morgan fingerprint density at radius 2 is 1.39 bits per heavy atom. The van der Waals surface area contributed by atoms with Gasteiger partial charge in [0.1, 0.15) is 0 Å². The van der Waals surface area contributed by atoms with Crippen LogP contribution in [0, 0.1) is 24.7 Å². The number of aromatic nitrogens is 1. The summed E-state index contributed by atoms with van der Waals surface area (Å²) in [5.74, 6) is 2.74. The van der Waals surface area contributed by atoms with Gasteiger partial charge in [-0.25, -0.2) is 0 Å². The van der Waals surface area contributed by atoms with Gasteiger partial charge in [-0.3, -0.25) is 9.78 Å². The summed E-state index contributed by atoms with van der Waals surface area (Å²) in [5.41, 5.74) is 7.46. The van der Waals surface area contributed by atoms with Crippen LogP contribution in [0.5, 0.6) is 0 Å². The van der Waals surface area contributed by atoms with Crippen LogP contribution in [0.2, 0.25) is 0 Å². The molecule has 3 aromatic carbocycles.